The van der Waals surface area contributed by atoms with Crippen LogP contribution in [0, 0.1) is 0 Å². The van der Waals surface area contributed by atoms with Crippen LogP contribution < -0.4 is 0 Å². The molecule has 0 aromatic rings. The van der Waals surface area contributed by atoms with Crippen LogP contribution in [-0.2, 0) is 26.7 Å². The Morgan fingerprint density at radius 1 is 0.842 bits per heavy atom. The molecule has 0 heterocycles. The summed E-state index contributed by atoms with van der Waals surface area (Å²) in [4.78, 5) is 20.5. The van der Waals surface area contributed by atoms with E-state index in [0.29, 0.717) is 11.1 Å². The van der Waals surface area contributed by atoms with Crippen LogP contribution >= 0.6 is 0 Å². The van der Waals surface area contributed by atoms with Crippen molar-refractivity contribution in [1.82, 2.24) is 0 Å². The van der Waals surface area contributed by atoms with Gasteiger partial charge < -0.3 is 10.2 Å². The number of carboxylic acids is 2. The van der Waals surface area contributed by atoms with Crippen molar-refractivity contribution in [2.45, 2.75) is 0 Å². The van der Waals surface area contributed by atoms with Crippen LogP contribution in [0.1, 0.15) is 0 Å². The molecule has 0 fully saturated rings. The molecule has 0 bridgehead atoms. The number of aliphatic carboxylic acids is 2. The summed E-state index contributed by atoms with van der Waals surface area (Å²) in [6.45, 7) is 7.04. The van der Waals surface area contributed by atoms with E-state index >= 15 is 0 Å². The minimum Gasteiger partial charge on any atom is -0.478 e. The van der Waals surface area contributed by atoms with Crippen LogP contribution in [0.25, 0.3) is 0 Å². The molecule has 0 spiro atoms. The molecule has 19 heavy (non-hydrogen) atoms. The van der Waals surface area contributed by atoms with E-state index in [1.807, 2.05) is 0 Å². The zero-order valence-electron chi connectivity index (χ0n) is 9.94. The first-order valence-electron chi connectivity index (χ1n) is 5.05. The van der Waals surface area contributed by atoms with Gasteiger partial charge in [-0.15, -0.1) is 0 Å². The second kappa shape index (κ2) is 7.36. The fraction of sp³-hybridized carbons (Fsp3) is 0. The van der Waals surface area contributed by atoms with Crippen LogP contribution in [0.2, 0.25) is 0 Å². The van der Waals surface area contributed by atoms with Crippen molar-refractivity contribution in [1.29, 1.82) is 0 Å². The smallest absolute Gasteiger partial charge is 0.336 e. The minimum absolute atomic E-state index is 0. The molecule has 0 unspecified atom stereocenters. The molecule has 100 valence electrons. The van der Waals surface area contributed by atoms with Gasteiger partial charge in [0, 0.05) is 17.1 Å². The Morgan fingerprint density at radius 3 is 1.26 bits per heavy atom. The number of rotatable bonds is 2. The van der Waals surface area contributed by atoms with Crippen LogP contribution in [0.15, 0.2) is 71.9 Å². The Morgan fingerprint density at radius 2 is 1.16 bits per heavy atom. The van der Waals surface area contributed by atoms with Crippen molar-refractivity contribution in [3.05, 3.63) is 71.9 Å². The summed E-state index contributed by atoms with van der Waals surface area (Å²) in [5, 5.41) is 16.8. The van der Waals surface area contributed by atoms with Crippen molar-refractivity contribution in [2.75, 3.05) is 0 Å². The molecule has 0 radical (unpaired) electrons. The summed E-state index contributed by atoms with van der Waals surface area (Å²) in [7, 11) is 0. The maximum absolute atomic E-state index is 10.2. The number of carbonyl (C=O) groups is 2. The van der Waals surface area contributed by atoms with Crippen molar-refractivity contribution in [2.24, 2.45) is 0 Å². The molecule has 0 atom stereocenters. The number of carboxylic acid groups (broad SMARTS) is 2. The zero-order valence-corrected chi connectivity index (χ0v) is 11.0. The molecular weight excluding hydrogens is 288 g/mol. The summed E-state index contributed by atoms with van der Waals surface area (Å²) in [6, 6.07) is 0. The van der Waals surface area contributed by atoms with Crippen LogP contribution in [-0.4, -0.2) is 22.2 Å². The van der Waals surface area contributed by atoms with E-state index in [-0.39, 0.29) is 28.2 Å². The largest absolute Gasteiger partial charge is 0.478 e. The topological polar surface area (TPSA) is 74.6 Å². The van der Waals surface area contributed by atoms with E-state index in [0.717, 1.165) is 0 Å². The minimum atomic E-state index is -0.912. The predicted octanol–water partition coefficient (Wildman–Crippen LogP) is 2.24. The molecule has 4 nitrogen and oxygen atoms in total. The Hall–Kier alpha value is -2.10. The number of hydrogen-bond donors (Lipinski definition) is 2. The second-order valence-electron chi connectivity index (χ2n) is 3.54. The summed E-state index contributed by atoms with van der Waals surface area (Å²) in [6.07, 6.45) is 9.75. The number of hydrogen-bond acceptors (Lipinski definition) is 2. The van der Waals surface area contributed by atoms with Crippen LogP contribution in [0.5, 0.6) is 0 Å². The van der Waals surface area contributed by atoms with Gasteiger partial charge in [0.1, 0.15) is 0 Å². The molecule has 2 rings (SSSR count). The molecular formula is C14H12FeO4. The molecule has 2 aliphatic carbocycles. The van der Waals surface area contributed by atoms with Crippen molar-refractivity contribution in [3.63, 3.8) is 0 Å². The maximum Gasteiger partial charge on any atom is 0.336 e. The van der Waals surface area contributed by atoms with Gasteiger partial charge in [0.2, 0.25) is 0 Å². The molecule has 0 amide bonds. The van der Waals surface area contributed by atoms with Crippen LogP contribution in [0.4, 0.5) is 0 Å². The Kier molecular flexibility index (Phi) is 6.55. The molecule has 0 aromatic carbocycles. The average Bonchev–Trinajstić information content (AvgIpc) is 2.87. The van der Waals surface area contributed by atoms with Gasteiger partial charge in [-0.1, -0.05) is 37.5 Å². The van der Waals surface area contributed by atoms with Gasteiger partial charge in [0.15, 0.2) is 0 Å². The Bertz CT molecular complexity index is 498. The normalized spacial score (nSPS) is 15.2. The molecule has 2 aliphatic rings. The first-order chi connectivity index (χ1) is 8.43. The summed E-state index contributed by atoms with van der Waals surface area (Å²) >= 11 is 0. The van der Waals surface area contributed by atoms with Crippen LogP contribution in [0.3, 0.4) is 0 Å². The van der Waals surface area contributed by atoms with Gasteiger partial charge in [0.25, 0.3) is 0 Å². The standard InChI is InChI=1S/2C7H6O2.Fe/c2*1-5-3-2-4-6(5)7(8)9;/h2*2-4H,1H2,(H,8,9);. The summed E-state index contributed by atoms with van der Waals surface area (Å²) < 4.78 is 0. The van der Waals surface area contributed by atoms with Crippen molar-refractivity contribution < 1.29 is 36.9 Å². The van der Waals surface area contributed by atoms with E-state index in [9.17, 15) is 9.59 Å². The molecule has 2 N–H and O–H groups in total. The summed E-state index contributed by atoms with van der Waals surface area (Å²) in [5.41, 5.74) is 1.72. The molecule has 5 heteroatoms. The summed E-state index contributed by atoms with van der Waals surface area (Å²) in [5.74, 6) is -1.82. The fourth-order valence-electron chi connectivity index (χ4n) is 1.33. The molecule has 0 aromatic heterocycles. The van der Waals surface area contributed by atoms with E-state index in [1.54, 1.807) is 24.3 Å². The average molecular weight is 300 g/mol. The monoisotopic (exact) mass is 300 g/mol. The first-order valence-corrected chi connectivity index (χ1v) is 5.05. The van der Waals surface area contributed by atoms with Crippen molar-refractivity contribution >= 4 is 11.9 Å². The SMILES string of the molecule is C=C1C=CC=C1C(=O)O.C=C1C=CC=C1C(=O)O.[Fe]. The van der Waals surface area contributed by atoms with E-state index < -0.39 is 11.9 Å². The van der Waals surface area contributed by atoms with Crippen molar-refractivity contribution in [3.8, 4) is 0 Å². The molecule has 0 saturated heterocycles. The van der Waals surface area contributed by atoms with Gasteiger partial charge in [-0.3, -0.25) is 0 Å². The van der Waals surface area contributed by atoms with E-state index in [1.165, 1.54) is 12.2 Å². The maximum atomic E-state index is 10.2. The van der Waals surface area contributed by atoms with Gasteiger partial charge in [-0.05, 0) is 23.3 Å². The second-order valence-corrected chi connectivity index (χ2v) is 3.54. The molecule has 0 aliphatic heterocycles. The Balaban J connectivity index is 0.000000324. The van der Waals surface area contributed by atoms with Gasteiger partial charge in [-0.2, -0.15) is 0 Å². The van der Waals surface area contributed by atoms with Gasteiger partial charge in [-0.25, -0.2) is 9.59 Å². The predicted molar refractivity (Wildman–Crippen MR) is 68.0 cm³/mol. The Labute approximate surface area is 121 Å². The third-order valence-corrected chi connectivity index (χ3v) is 2.27. The van der Waals surface area contributed by atoms with E-state index in [4.69, 9.17) is 10.2 Å². The molecule has 0 saturated carbocycles. The quantitative estimate of drug-likeness (QED) is 0.767. The van der Waals surface area contributed by atoms with Gasteiger partial charge in [0.05, 0.1) is 11.1 Å². The fourth-order valence-corrected chi connectivity index (χ4v) is 1.33. The van der Waals surface area contributed by atoms with Gasteiger partial charge >= 0.3 is 11.9 Å². The van der Waals surface area contributed by atoms with E-state index in [2.05, 4.69) is 13.2 Å². The number of allylic oxidation sites excluding steroid dienone is 6. The zero-order chi connectivity index (χ0) is 13.7. The third-order valence-electron chi connectivity index (χ3n) is 2.27. The third kappa shape index (κ3) is 4.58. The first kappa shape index (κ1) is 16.9.